The van der Waals surface area contributed by atoms with Gasteiger partial charge in [-0.2, -0.15) is 0 Å². The number of carbonyl (C=O) groups excluding carboxylic acids is 1. The van der Waals surface area contributed by atoms with Crippen molar-refractivity contribution in [3.05, 3.63) is 0 Å². The van der Waals surface area contributed by atoms with Gasteiger partial charge in [-0.05, 0) is 19.9 Å². The monoisotopic (exact) mass is 268 g/mol. The fourth-order valence-corrected chi connectivity index (χ4v) is 3.54. The zero-order valence-electron chi connectivity index (χ0n) is 11.1. The molecule has 0 radical (unpaired) electrons. The van der Waals surface area contributed by atoms with Crippen molar-refractivity contribution in [2.45, 2.75) is 25.0 Å². The molecule has 1 amide bonds. The number of hydrogen-bond acceptors (Lipinski definition) is 4. The molecule has 4 atom stereocenters. The number of nitrogens with zero attached hydrogens (tertiary/aromatic N) is 2. The molecule has 2 bridgehead atoms. The number of fused-ring (bicyclic) bond motifs is 2. The molecule has 1 N–H and O–H groups in total. The Kier molecular flexibility index (Phi) is 3.22. The second kappa shape index (κ2) is 4.76. The number of rotatable bonds is 2. The lowest BCUT2D eigenvalue weighted by atomic mass is 9.78. The fraction of sp³-hybridized carbons (Fsp3) is 0.846. The molecule has 19 heavy (non-hydrogen) atoms. The van der Waals surface area contributed by atoms with E-state index in [0.717, 1.165) is 25.9 Å². The molecule has 0 aromatic carbocycles. The Balaban J connectivity index is 1.73. The highest BCUT2D eigenvalue weighted by Crippen LogP contribution is 2.44. The van der Waals surface area contributed by atoms with Crippen molar-refractivity contribution in [2.24, 2.45) is 11.8 Å². The van der Waals surface area contributed by atoms with Crippen LogP contribution in [0, 0.1) is 11.8 Å². The Labute approximate surface area is 112 Å². The Morgan fingerprint density at radius 1 is 1.05 bits per heavy atom. The molecule has 0 aromatic heterocycles. The number of carboxylic acids is 1. The van der Waals surface area contributed by atoms with E-state index in [4.69, 9.17) is 4.74 Å². The lowest BCUT2D eigenvalue weighted by molar-refractivity contribution is -0.151. The summed E-state index contributed by atoms with van der Waals surface area (Å²) in [5.74, 6) is -2.03. The van der Waals surface area contributed by atoms with Crippen LogP contribution in [0.4, 0.5) is 0 Å². The van der Waals surface area contributed by atoms with Crippen molar-refractivity contribution >= 4 is 11.9 Å². The Bertz CT molecular complexity index is 392. The molecule has 3 rings (SSSR count). The Hall–Kier alpha value is -1.14. The number of piperazine rings is 1. The van der Waals surface area contributed by atoms with Gasteiger partial charge in [0.15, 0.2) is 0 Å². The quantitative estimate of drug-likeness (QED) is 0.740. The topological polar surface area (TPSA) is 70.1 Å². The third-order valence-electron chi connectivity index (χ3n) is 4.66. The zero-order valence-corrected chi connectivity index (χ0v) is 11.1. The average Bonchev–Trinajstić information content (AvgIpc) is 2.98. The van der Waals surface area contributed by atoms with E-state index in [1.807, 2.05) is 11.9 Å². The molecule has 6 heteroatoms. The molecule has 3 aliphatic heterocycles. The molecule has 3 aliphatic rings. The number of carboxylic acid groups (broad SMARTS) is 1. The smallest absolute Gasteiger partial charge is 0.310 e. The van der Waals surface area contributed by atoms with Gasteiger partial charge in [-0.15, -0.1) is 0 Å². The molecular formula is C13H20N2O4. The van der Waals surface area contributed by atoms with Gasteiger partial charge in [0.1, 0.15) is 0 Å². The van der Waals surface area contributed by atoms with Crippen molar-refractivity contribution in [1.29, 1.82) is 0 Å². The van der Waals surface area contributed by atoms with Gasteiger partial charge < -0.3 is 19.6 Å². The van der Waals surface area contributed by atoms with Crippen LogP contribution in [0.3, 0.4) is 0 Å². The molecule has 3 fully saturated rings. The molecule has 0 saturated carbocycles. The minimum absolute atomic E-state index is 0.0206. The normalized spacial score (nSPS) is 38.7. The second-order valence-corrected chi connectivity index (χ2v) is 5.81. The third kappa shape index (κ3) is 2.12. The first-order valence-electron chi connectivity index (χ1n) is 6.93. The van der Waals surface area contributed by atoms with Gasteiger partial charge in [0.2, 0.25) is 5.91 Å². The summed E-state index contributed by atoms with van der Waals surface area (Å²) in [5.41, 5.74) is 0. The molecule has 0 aromatic rings. The van der Waals surface area contributed by atoms with Crippen molar-refractivity contribution in [3.8, 4) is 0 Å². The van der Waals surface area contributed by atoms with Gasteiger partial charge in [0, 0.05) is 26.2 Å². The van der Waals surface area contributed by atoms with Crippen molar-refractivity contribution in [2.75, 3.05) is 33.2 Å². The molecule has 2 unspecified atom stereocenters. The first kappa shape index (κ1) is 12.9. The molecule has 3 saturated heterocycles. The Morgan fingerprint density at radius 3 is 2.21 bits per heavy atom. The maximum atomic E-state index is 12.6. The third-order valence-corrected chi connectivity index (χ3v) is 4.66. The summed E-state index contributed by atoms with van der Waals surface area (Å²) >= 11 is 0. The highest BCUT2D eigenvalue weighted by atomic mass is 16.5. The number of amides is 1. The first-order valence-corrected chi connectivity index (χ1v) is 6.93. The molecular weight excluding hydrogens is 248 g/mol. The minimum atomic E-state index is -0.889. The van der Waals surface area contributed by atoms with Gasteiger partial charge in [-0.3, -0.25) is 9.59 Å². The van der Waals surface area contributed by atoms with Gasteiger partial charge in [-0.25, -0.2) is 0 Å². The maximum absolute atomic E-state index is 12.6. The van der Waals surface area contributed by atoms with E-state index in [2.05, 4.69) is 4.90 Å². The van der Waals surface area contributed by atoms with Crippen molar-refractivity contribution in [3.63, 3.8) is 0 Å². The molecule has 0 spiro atoms. The van der Waals surface area contributed by atoms with Gasteiger partial charge in [0.05, 0.1) is 24.0 Å². The number of aliphatic carboxylic acids is 1. The number of carbonyl (C=O) groups is 2. The lowest BCUT2D eigenvalue weighted by Crippen LogP contribution is -2.52. The van der Waals surface area contributed by atoms with E-state index in [-0.39, 0.29) is 18.1 Å². The summed E-state index contributed by atoms with van der Waals surface area (Å²) in [7, 11) is 2.03. The SMILES string of the molecule is CN1CCN(C(=O)C2C(C(=O)O)[C@@H]3CC[C@H]2O3)CC1. The lowest BCUT2D eigenvalue weighted by Gasteiger charge is -2.36. The highest BCUT2D eigenvalue weighted by Gasteiger charge is 2.56. The van der Waals surface area contributed by atoms with E-state index >= 15 is 0 Å². The van der Waals surface area contributed by atoms with E-state index in [1.165, 1.54) is 0 Å². The number of hydrogen-bond donors (Lipinski definition) is 1. The maximum Gasteiger partial charge on any atom is 0.310 e. The van der Waals surface area contributed by atoms with Crippen LogP contribution in [0.2, 0.25) is 0 Å². The van der Waals surface area contributed by atoms with E-state index in [9.17, 15) is 14.7 Å². The summed E-state index contributed by atoms with van der Waals surface area (Å²) < 4.78 is 5.65. The summed E-state index contributed by atoms with van der Waals surface area (Å²) in [4.78, 5) is 27.9. The summed E-state index contributed by atoms with van der Waals surface area (Å²) in [5, 5.41) is 9.34. The molecule has 6 nitrogen and oxygen atoms in total. The van der Waals surface area contributed by atoms with E-state index in [0.29, 0.717) is 13.1 Å². The Morgan fingerprint density at radius 2 is 1.63 bits per heavy atom. The predicted octanol–water partition coefficient (Wildman–Crippen LogP) is -0.361. The highest BCUT2D eigenvalue weighted by molar-refractivity contribution is 5.86. The molecule has 106 valence electrons. The predicted molar refractivity (Wildman–Crippen MR) is 66.6 cm³/mol. The van der Waals surface area contributed by atoms with Crippen LogP contribution in [0.1, 0.15) is 12.8 Å². The molecule has 0 aliphatic carbocycles. The summed E-state index contributed by atoms with van der Waals surface area (Å²) in [6.45, 7) is 3.08. The largest absolute Gasteiger partial charge is 0.481 e. The number of likely N-dealkylation sites (N-methyl/N-ethyl adjacent to an activating group) is 1. The van der Waals surface area contributed by atoms with Gasteiger partial charge in [-0.1, -0.05) is 0 Å². The number of ether oxygens (including phenoxy) is 1. The average molecular weight is 268 g/mol. The van der Waals surface area contributed by atoms with Crippen molar-refractivity contribution in [1.82, 2.24) is 9.80 Å². The van der Waals surface area contributed by atoms with E-state index < -0.39 is 17.8 Å². The van der Waals surface area contributed by atoms with Crippen molar-refractivity contribution < 1.29 is 19.4 Å². The van der Waals surface area contributed by atoms with Gasteiger partial charge in [0.25, 0.3) is 0 Å². The first-order chi connectivity index (χ1) is 9.08. The summed E-state index contributed by atoms with van der Waals surface area (Å²) in [6.07, 6.45) is 1.15. The zero-order chi connectivity index (χ0) is 13.6. The fourth-order valence-electron chi connectivity index (χ4n) is 3.54. The van der Waals surface area contributed by atoms with Crippen LogP contribution in [-0.4, -0.2) is 72.2 Å². The summed E-state index contributed by atoms with van der Waals surface area (Å²) in [6, 6.07) is 0. The van der Waals surface area contributed by atoms with E-state index in [1.54, 1.807) is 0 Å². The second-order valence-electron chi connectivity index (χ2n) is 5.81. The minimum Gasteiger partial charge on any atom is -0.481 e. The van der Waals surface area contributed by atoms with Crippen LogP contribution in [0.25, 0.3) is 0 Å². The van der Waals surface area contributed by atoms with Crippen LogP contribution >= 0.6 is 0 Å². The van der Waals surface area contributed by atoms with Crippen LogP contribution in [0.5, 0.6) is 0 Å². The molecule has 3 heterocycles. The standard InChI is InChI=1S/C13H20N2O4/c1-14-4-6-15(7-5-14)12(16)10-8-2-3-9(19-8)11(10)13(17)18/h8-11H,2-7H2,1H3,(H,17,18)/t8-,9+,10?,11?/m1/s1. The van der Waals surface area contributed by atoms with Crippen LogP contribution < -0.4 is 0 Å². The van der Waals surface area contributed by atoms with Crippen LogP contribution in [-0.2, 0) is 14.3 Å². The van der Waals surface area contributed by atoms with Crippen LogP contribution in [0.15, 0.2) is 0 Å². The van der Waals surface area contributed by atoms with Gasteiger partial charge >= 0.3 is 5.97 Å².